The van der Waals surface area contributed by atoms with Crippen molar-refractivity contribution >= 4 is 17.6 Å². The molecule has 0 bridgehead atoms. The van der Waals surface area contributed by atoms with E-state index in [-0.39, 0.29) is 12.5 Å². The number of benzene rings is 1. The monoisotopic (exact) mass is 310 g/mol. The average Bonchev–Trinajstić information content (AvgIpc) is 2.82. The normalized spacial score (nSPS) is 16.4. The first-order chi connectivity index (χ1) is 11.0. The Hall–Kier alpha value is -2.69. The molecule has 2 aromatic rings. The second kappa shape index (κ2) is 5.83. The maximum atomic E-state index is 12.9. The number of ether oxygens (including phenoxy) is 1. The molecule has 118 valence electrons. The third-order valence-corrected chi connectivity index (χ3v) is 4.10. The molecule has 0 N–H and O–H groups in total. The van der Waals surface area contributed by atoms with Gasteiger partial charge in [-0.15, -0.1) is 0 Å². The molecular formula is C18H18N2O3. The van der Waals surface area contributed by atoms with Crippen LogP contribution in [0.1, 0.15) is 40.0 Å². The van der Waals surface area contributed by atoms with Gasteiger partial charge in [-0.2, -0.15) is 0 Å². The highest BCUT2D eigenvalue weighted by Crippen LogP contribution is 2.39. The van der Waals surface area contributed by atoms with Crippen LogP contribution in [0, 0.1) is 13.8 Å². The molecule has 1 atom stereocenters. The summed E-state index contributed by atoms with van der Waals surface area (Å²) in [7, 11) is 0. The average molecular weight is 310 g/mol. The molecule has 0 fully saturated rings. The van der Waals surface area contributed by atoms with Crippen molar-refractivity contribution in [1.82, 2.24) is 4.98 Å². The van der Waals surface area contributed by atoms with Crippen molar-refractivity contribution in [3.63, 3.8) is 0 Å². The first-order valence-electron chi connectivity index (χ1n) is 7.56. The maximum absolute atomic E-state index is 12.9. The second-order valence-electron chi connectivity index (χ2n) is 5.56. The van der Waals surface area contributed by atoms with Crippen molar-refractivity contribution in [2.75, 3.05) is 11.5 Å². The molecule has 2 heterocycles. The van der Waals surface area contributed by atoms with Gasteiger partial charge >= 0.3 is 5.97 Å². The molecule has 5 nitrogen and oxygen atoms in total. The molecule has 1 aliphatic heterocycles. The Balaban J connectivity index is 2.16. The minimum atomic E-state index is -0.763. The zero-order chi connectivity index (χ0) is 16.6. The number of aromatic nitrogens is 1. The fourth-order valence-corrected chi connectivity index (χ4v) is 2.85. The van der Waals surface area contributed by atoms with Crippen LogP contribution in [0.3, 0.4) is 0 Å². The topological polar surface area (TPSA) is 59.5 Å². The number of fused-ring (bicyclic) bond motifs is 1. The van der Waals surface area contributed by atoms with E-state index >= 15 is 0 Å². The van der Waals surface area contributed by atoms with Gasteiger partial charge in [0.15, 0.2) is 6.04 Å². The molecule has 1 aromatic carbocycles. The molecular weight excluding hydrogens is 292 g/mol. The SMILES string of the molecule is CCOC(=O)C1c2cc(C)c(C)cc2C(=O)N1c1cccnc1. The number of nitrogens with zero attached hydrogens (tertiary/aromatic N) is 2. The van der Waals surface area contributed by atoms with Crippen molar-refractivity contribution < 1.29 is 14.3 Å². The lowest BCUT2D eigenvalue weighted by Gasteiger charge is -2.23. The van der Waals surface area contributed by atoms with Crippen molar-refractivity contribution in [3.05, 3.63) is 58.9 Å². The molecule has 23 heavy (non-hydrogen) atoms. The lowest BCUT2D eigenvalue weighted by atomic mass is 9.98. The maximum Gasteiger partial charge on any atom is 0.333 e. The first kappa shape index (κ1) is 15.2. The molecule has 5 heteroatoms. The lowest BCUT2D eigenvalue weighted by molar-refractivity contribution is -0.144. The standard InChI is InChI=1S/C18H18N2O3/c1-4-23-18(22)16-14-8-11(2)12(3)9-15(14)17(21)20(16)13-6-5-7-19-10-13/h5-10,16H,4H2,1-3H3. The Bertz CT molecular complexity index is 771. The van der Waals surface area contributed by atoms with E-state index in [4.69, 9.17) is 4.74 Å². The van der Waals surface area contributed by atoms with Crippen molar-refractivity contribution in [3.8, 4) is 0 Å². The third-order valence-electron chi connectivity index (χ3n) is 4.10. The summed E-state index contributed by atoms with van der Waals surface area (Å²) in [4.78, 5) is 30.9. The second-order valence-corrected chi connectivity index (χ2v) is 5.56. The van der Waals surface area contributed by atoms with Crippen LogP contribution in [0.2, 0.25) is 0 Å². The van der Waals surface area contributed by atoms with Crippen molar-refractivity contribution in [2.45, 2.75) is 26.8 Å². The van der Waals surface area contributed by atoms with E-state index in [9.17, 15) is 9.59 Å². The number of anilines is 1. The van der Waals surface area contributed by atoms with Crippen LogP contribution in [-0.2, 0) is 9.53 Å². The Labute approximate surface area is 134 Å². The molecule has 1 aromatic heterocycles. The number of carbonyl (C=O) groups is 2. The molecule has 1 unspecified atom stereocenters. The predicted octanol–water partition coefficient (Wildman–Crippen LogP) is 2.96. The minimum Gasteiger partial charge on any atom is -0.464 e. The van der Waals surface area contributed by atoms with Crippen LogP contribution >= 0.6 is 0 Å². The van der Waals surface area contributed by atoms with Gasteiger partial charge in [0.2, 0.25) is 0 Å². The van der Waals surface area contributed by atoms with Crippen molar-refractivity contribution in [2.24, 2.45) is 0 Å². The quantitative estimate of drug-likeness (QED) is 0.818. The summed E-state index contributed by atoms with van der Waals surface area (Å²) in [5.41, 5.74) is 3.89. The number of pyridine rings is 1. The highest BCUT2D eigenvalue weighted by Gasteiger charge is 2.43. The Kier molecular flexibility index (Phi) is 3.86. The van der Waals surface area contributed by atoms with E-state index in [2.05, 4.69) is 4.98 Å². The van der Waals surface area contributed by atoms with Crippen LogP contribution in [0.15, 0.2) is 36.7 Å². The largest absolute Gasteiger partial charge is 0.464 e. The molecule has 0 radical (unpaired) electrons. The first-order valence-corrected chi connectivity index (χ1v) is 7.56. The fourth-order valence-electron chi connectivity index (χ4n) is 2.85. The van der Waals surface area contributed by atoms with Crippen LogP contribution in [0.25, 0.3) is 0 Å². The van der Waals surface area contributed by atoms with Gasteiger partial charge in [-0.25, -0.2) is 4.79 Å². The molecule has 1 aliphatic rings. The van der Waals surface area contributed by atoms with Crippen molar-refractivity contribution in [1.29, 1.82) is 0 Å². The van der Waals surface area contributed by atoms with E-state index in [1.165, 1.54) is 4.90 Å². The van der Waals surface area contributed by atoms with Crippen LogP contribution < -0.4 is 4.90 Å². The van der Waals surface area contributed by atoms with Gasteiger partial charge in [0.05, 0.1) is 18.5 Å². The number of hydrogen-bond acceptors (Lipinski definition) is 4. The number of aryl methyl sites for hydroxylation is 2. The molecule has 1 amide bonds. The molecule has 3 rings (SSSR count). The van der Waals surface area contributed by atoms with Crippen LogP contribution in [-0.4, -0.2) is 23.5 Å². The number of amides is 1. The number of rotatable bonds is 3. The summed E-state index contributed by atoms with van der Waals surface area (Å²) in [5, 5.41) is 0. The predicted molar refractivity (Wildman–Crippen MR) is 86.3 cm³/mol. The number of carbonyl (C=O) groups excluding carboxylic acids is 2. The number of hydrogen-bond donors (Lipinski definition) is 0. The lowest BCUT2D eigenvalue weighted by Crippen LogP contribution is -2.33. The summed E-state index contributed by atoms with van der Waals surface area (Å²) < 4.78 is 5.20. The molecule has 0 saturated heterocycles. The van der Waals surface area contributed by atoms with E-state index < -0.39 is 12.0 Å². The highest BCUT2D eigenvalue weighted by atomic mass is 16.5. The van der Waals surface area contributed by atoms with E-state index in [0.29, 0.717) is 16.8 Å². The van der Waals surface area contributed by atoms with Gasteiger partial charge in [-0.05, 0) is 55.7 Å². The zero-order valence-electron chi connectivity index (χ0n) is 13.4. The van der Waals surface area contributed by atoms with Gasteiger partial charge in [0, 0.05) is 11.8 Å². The van der Waals surface area contributed by atoms with Crippen LogP contribution in [0.4, 0.5) is 5.69 Å². The summed E-state index contributed by atoms with van der Waals surface area (Å²) in [6.45, 7) is 5.94. The summed E-state index contributed by atoms with van der Waals surface area (Å²) in [6.07, 6.45) is 3.21. The molecule has 0 saturated carbocycles. The van der Waals surface area contributed by atoms with Gasteiger partial charge in [-0.3, -0.25) is 14.7 Å². The summed E-state index contributed by atoms with van der Waals surface area (Å²) >= 11 is 0. The summed E-state index contributed by atoms with van der Waals surface area (Å²) in [5.74, 6) is -0.624. The zero-order valence-corrected chi connectivity index (χ0v) is 13.4. The fraction of sp³-hybridized carbons (Fsp3) is 0.278. The molecule has 0 spiro atoms. The summed E-state index contributed by atoms with van der Waals surface area (Å²) in [6, 6.07) is 6.49. The van der Waals surface area contributed by atoms with Gasteiger partial charge in [0.1, 0.15) is 0 Å². The smallest absolute Gasteiger partial charge is 0.333 e. The van der Waals surface area contributed by atoms with Gasteiger partial charge in [-0.1, -0.05) is 6.07 Å². The molecule has 0 aliphatic carbocycles. The van der Waals surface area contributed by atoms with E-state index in [0.717, 1.165) is 11.1 Å². The Morgan fingerprint density at radius 3 is 2.70 bits per heavy atom. The number of esters is 1. The third kappa shape index (κ3) is 2.48. The van der Waals surface area contributed by atoms with Crippen LogP contribution in [0.5, 0.6) is 0 Å². The van der Waals surface area contributed by atoms with E-state index in [1.54, 1.807) is 31.5 Å². The van der Waals surface area contributed by atoms with E-state index in [1.807, 2.05) is 26.0 Å². The van der Waals surface area contributed by atoms with Gasteiger partial charge in [0.25, 0.3) is 5.91 Å². The Morgan fingerprint density at radius 2 is 2.04 bits per heavy atom. The highest BCUT2D eigenvalue weighted by molar-refractivity contribution is 6.15. The minimum absolute atomic E-state index is 0.200. The Morgan fingerprint density at radius 1 is 1.30 bits per heavy atom. The van der Waals surface area contributed by atoms with Gasteiger partial charge < -0.3 is 4.74 Å².